The number of fused-ring (bicyclic) bond motifs is 2. The Kier molecular flexibility index (Phi) is 2.84. The van der Waals surface area contributed by atoms with Crippen molar-refractivity contribution in [2.75, 3.05) is 0 Å². The van der Waals surface area contributed by atoms with Gasteiger partial charge >= 0.3 is 11.9 Å². The van der Waals surface area contributed by atoms with Gasteiger partial charge in [0.2, 0.25) is 5.78 Å². The minimum absolute atomic E-state index is 0.0689. The quantitative estimate of drug-likeness (QED) is 0.730. The molecule has 1 heterocycles. The minimum atomic E-state index is -1.49. The zero-order chi connectivity index (χ0) is 16.0. The third-order valence-corrected chi connectivity index (χ3v) is 3.38. The van der Waals surface area contributed by atoms with Gasteiger partial charge in [-0.2, -0.15) is 0 Å². The van der Waals surface area contributed by atoms with Gasteiger partial charge in [0.25, 0.3) is 0 Å². The summed E-state index contributed by atoms with van der Waals surface area (Å²) in [4.78, 5) is 50.9. The number of carbonyl (C=O) groups is 4. The van der Waals surface area contributed by atoms with Crippen molar-refractivity contribution >= 4 is 23.5 Å². The van der Waals surface area contributed by atoms with Crippen LogP contribution in [0.3, 0.4) is 0 Å². The van der Waals surface area contributed by atoms with Crippen molar-refractivity contribution < 1.29 is 29.4 Å². The first-order valence-electron chi connectivity index (χ1n) is 6.11. The molecule has 22 heavy (non-hydrogen) atoms. The number of carboxylic acids is 2. The van der Waals surface area contributed by atoms with E-state index in [1.807, 2.05) is 0 Å². The highest BCUT2D eigenvalue weighted by Crippen LogP contribution is 2.28. The van der Waals surface area contributed by atoms with Crippen LogP contribution in [-0.4, -0.2) is 38.7 Å². The summed E-state index contributed by atoms with van der Waals surface area (Å²) in [5.41, 5.74) is -1.38. The molecule has 0 unspecified atom stereocenters. The van der Waals surface area contributed by atoms with Crippen LogP contribution in [0.5, 0.6) is 0 Å². The summed E-state index contributed by atoms with van der Waals surface area (Å²) in [5.74, 6) is -4.15. The molecule has 0 radical (unpaired) electrons. The van der Waals surface area contributed by atoms with E-state index >= 15 is 0 Å². The second kappa shape index (κ2) is 4.59. The third kappa shape index (κ3) is 1.80. The van der Waals surface area contributed by atoms with Crippen LogP contribution in [0.25, 0.3) is 0 Å². The van der Waals surface area contributed by atoms with E-state index in [0.29, 0.717) is 0 Å². The Morgan fingerprint density at radius 3 is 1.95 bits per heavy atom. The maximum absolute atomic E-state index is 12.4. The molecule has 0 bridgehead atoms. The lowest BCUT2D eigenvalue weighted by molar-refractivity contribution is 0.0651. The molecule has 108 valence electrons. The summed E-state index contributed by atoms with van der Waals surface area (Å²) in [5, 5.41) is 18.2. The number of hydrogen-bond donors (Lipinski definition) is 2. The van der Waals surface area contributed by atoms with Gasteiger partial charge in [-0.25, -0.2) is 9.59 Å². The van der Waals surface area contributed by atoms with Crippen molar-refractivity contribution in [3.8, 4) is 0 Å². The van der Waals surface area contributed by atoms with Gasteiger partial charge < -0.3 is 10.2 Å². The van der Waals surface area contributed by atoms with Gasteiger partial charge in [0.15, 0.2) is 5.78 Å². The Balaban J connectivity index is 2.34. The standard InChI is InChI=1S/C15H7NO6/c17-12-6-2-1-3-16-11(6)13(18)8-5-10(15(21)22)9(14(19)20)4-7(8)12/h1-5H,(H,19,20)(H,21,22). The fourth-order valence-electron chi connectivity index (χ4n) is 2.37. The molecule has 0 spiro atoms. The molecule has 0 saturated carbocycles. The molecule has 3 rings (SSSR count). The largest absolute Gasteiger partial charge is 0.478 e. The smallest absolute Gasteiger partial charge is 0.336 e. The van der Waals surface area contributed by atoms with Crippen LogP contribution < -0.4 is 0 Å². The van der Waals surface area contributed by atoms with E-state index in [1.54, 1.807) is 0 Å². The first-order chi connectivity index (χ1) is 10.4. The fraction of sp³-hybridized carbons (Fsp3) is 0. The monoisotopic (exact) mass is 297 g/mol. The van der Waals surface area contributed by atoms with Gasteiger partial charge in [-0.05, 0) is 24.3 Å². The Labute approximate surface area is 122 Å². The van der Waals surface area contributed by atoms with Gasteiger partial charge in [-0.1, -0.05) is 0 Å². The summed E-state index contributed by atoms with van der Waals surface area (Å²) in [6, 6.07) is 4.74. The third-order valence-electron chi connectivity index (χ3n) is 3.38. The first kappa shape index (κ1) is 13.6. The summed E-state index contributed by atoms with van der Waals surface area (Å²) in [6.07, 6.45) is 1.35. The Hall–Kier alpha value is -3.35. The number of nitrogens with zero attached hydrogens (tertiary/aromatic N) is 1. The van der Waals surface area contributed by atoms with Crippen LogP contribution in [0.2, 0.25) is 0 Å². The van der Waals surface area contributed by atoms with Gasteiger partial charge in [0, 0.05) is 17.3 Å². The van der Waals surface area contributed by atoms with Crippen molar-refractivity contribution in [1.82, 2.24) is 4.98 Å². The van der Waals surface area contributed by atoms with E-state index in [1.165, 1.54) is 18.3 Å². The number of pyridine rings is 1. The summed E-state index contributed by atoms with van der Waals surface area (Å²) >= 11 is 0. The number of ketones is 2. The van der Waals surface area contributed by atoms with E-state index < -0.39 is 34.6 Å². The molecular weight excluding hydrogens is 290 g/mol. The second-order valence-corrected chi connectivity index (χ2v) is 4.61. The van der Waals surface area contributed by atoms with Crippen LogP contribution in [0.4, 0.5) is 0 Å². The van der Waals surface area contributed by atoms with Gasteiger partial charge in [-0.3, -0.25) is 14.6 Å². The van der Waals surface area contributed by atoms with Crippen molar-refractivity contribution in [2.45, 2.75) is 0 Å². The van der Waals surface area contributed by atoms with E-state index in [2.05, 4.69) is 4.98 Å². The molecular formula is C15H7NO6. The maximum Gasteiger partial charge on any atom is 0.336 e. The topological polar surface area (TPSA) is 122 Å². The molecule has 0 aliphatic heterocycles. The molecule has 2 N–H and O–H groups in total. The average Bonchev–Trinajstić information content (AvgIpc) is 2.51. The lowest BCUT2D eigenvalue weighted by atomic mass is 9.84. The van der Waals surface area contributed by atoms with Crippen LogP contribution in [0.15, 0.2) is 30.5 Å². The first-order valence-corrected chi connectivity index (χ1v) is 6.11. The van der Waals surface area contributed by atoms with Gasteiger partial charge in [0.1, 0.15) is 5.69 Å². The normalized spacial score (nSPS) is 12.5. The molecule has 7 heteroatoms. The number of hydrogen-bond acceptors (Lipinski definition) is 5. The van der Waals surface area contributed by atoms with Gasteiger partial charge in [0.05, 0.1) is 16.7 Å². The van der Waals surface area contributed by atoms with E-state index in [-0.39, 0.29) is 22.4 Å². The predicted molar refractivity (Wildman–Crippen MR) is 71.5 cm³/mol. The fourth-order valence-corrected chi connectivity index (χ4v) is 2.37. The number of rotatable bonds is 2. The predicted octanol–water partition coefficient (Wildman–Crippen LogP) is 1.25. The highest BCUT2D eigenvalue weighted by atomic mass is 16.4. The average molecular weight is 297 g/mol. The van der Waals surface area contributed by atoms with Crippen molar-refractivity contribution in [3.05, 3.63) is 64.0 Å². The molecule has 0 atom stereocenters. The highest BCUT2D eigenvalue weighted by molar-refractivity contribution is 6.28. The van der Waals surface area contributed by atoms with Crippen LogP contribution in [0, 0.1) is 0 Å². The minimum Gasteiger partial charge on any atom is -0.478 e. The lowest BCUT2D eigenvalue weighted by Crippen LogP contribution is -2.24. The molecule has 7 nitrogen and oxygen atoms in total. The Bertz CT molecular complexity index is 812. The van der Waals surface area contributed by atoms with Crippen molar-refractivity contribution in [3.63, 3.8) is 0 Å². The number of aromatic carboxylic acids is 2. The number of aromatic nitrogens is 1. The highest BCUT2D eigenvalue weighted by Gasteiger charge is 2.33. The zero-order valence-corrected chi connectivity index (χ0v) is 10.9. The number of carboxylic acid groups (broad SMARTS) is 2. The second-order valence-electron chi connectivity index (χ2n) is 4.61. The zero-order valence-electron chi connectivity index (χ0n) is 10.9. The lowest BCUT2D eigenvalue weighted by Gasteiger charge is -2.17. The van der Waals surface area contributed by atoms with Crippen LogP contribution in [-0.2, 0) is 0 Å². The summed E-state index contributed by atoms with van der Waals surface area (Å²) in [6.45, 7) is 0. The van der Waals surface area contributed by atoms with Crippen molar-refractivity contribution in [2.24, 2.45) is 0 Å². The van der Waals surface area contributed by atoms with E-state index in [4.69, 9.17) is 10.2 Å². The Morgan fingerprint density at radius 2 is 1.41 bits per heavy atom. The number of carbonyl (C=O) groups excluding carboxylic acids is 2. The molecule has 0 amide bonds. The van der Waals surface area contributed by atoms with Crippen LogP contribution in [0.1, 0.15) is 52.7 Å². The SMILES string of the molecule is O=C(O)c1cc2c(cc1C(=O)O)C(=O)c1ncccc1C2=O. The molecule has 0 saturated heterocycles. The summed E-state index contributed by atoms with van der Waals surface area (Å²) < 4.78 is 0. The maximum atomic E-state index is 12.4. The Morgan fingerprint density at radius 1 is 0.864 bits per heavy atom. The van der Waals surface area contributed by atoms with E-state index in [0.717, 1.165) is 12.1 Å². The number of benzene rings is 1. The molecule has 1 aliphatic carbocycles. The molecule has 2 aromatic rings. The molecule has 0 fully saturated rings. The van der Waals surface area contributed by atoms with E-state index in [9.17, 15) is 19.2 Å². The molecule has 1 aliphatic rings. The van der Waals surface area contributed by atoms with Crippen molar-refractivity contribution in [1.29, 1.82) is 0 Å². The summed E-state index contributed by atoms with van der Waals surface area (Å²) in [7, 11) is 0. The molecule has 1 aromatic carbocycles. The van der Waals surface area contributed by atoms with Gasteiger partial charge in [-0.15, -0.1) is 0 Å². The molecule has 1 aromatic heterocycles. The van der Waals surface area contributed by atoms with Crippen LogP contribution >= 0.6 is 0 Å².